The summed E-state index contributed by atoms with van der Waals surface area (Å²) in [5.74, 6) is -0.241. The van der Waals surface area contributed by atoms with E-state index < -0.39 is 0 Å². The fourth-order valence-electron chi connectivity index (χ4n) is 3.09. The van der Waals surface area contributed by atoms with Crippen LogP contribution in [-0.2, 0) is 16.1 Å². The Morgan fingerprint density at radius 2 is 1.72 bits per heavy atom. The van der Waals surface area contributed by atoms with Gasteiger partial charge in [0.25, 0.3) is 0 Å². The summed E-state index contributed by atoms with van der Waals surface area (Å²) in [6.45, 7) is 5.03. The van der Waals surface area contributed by atoms with E-state index in [0.717, 1.165) is 16.5 Å². The molecule has 3 aromatic rings. The number of amides is 2. The molecule has 2 aromatic carbocycles. The fourth-order valence-corrected chi connectivity index (χ4v) is 3.30. The Kier molecular flexibility index (Phi) is 6.80. The number of aromatic nitrogens is 1. The van der Waals surface area contributed by atoms with Gasteiger partial charge in [-0.15, -0.1) is 0 Å². The highest BCUT2D eigenvalue weighted by Crippen LogP contribution is 2.25. The van der Waals surface area contributed by atoms with Crippen molar-refractivity contribution in [3.8, 4) is 0 Å². The summed E-state index contributed by atoms with van der Waals surface area (Å²) < 4.78 is 0. The molecular formula is C22H23ClN4O2. The molecule has 0 saturated carbocycles. The molecule has 0 radical (unpaired) electrons. The zero-order valence-corrected chi connectivity index (χ0v) is 17.2. The van der Waals surface area contributed by atoms with E-state index in [2.05, 4.69) is 15.6 Å². The van der Waals surface area contributed by atoms with Crippen molar-refractivity contribution >= 4 is 45.7 Å². The molecule has 2 N–H and O–H groups in total. The predicted molar refractivity (Wildman–Crippen MR) is 117 cm³/mol. The van der Waals surface area contributed by atoms with Crippen molar-refractivity contribution in [1.82, 2.24) is 9.88 Å². The van der Waals surface area contributed by atoms with Gasteiger partial charge in [-0.25, -0.2) is 0 Å². The molecule has 0 atom stereocenters. The van der Waals surface area contributed by atoms with E-state index in [4.69, 9.17) is 11.6 Å². The van der Waals surface area contributed by atoms with Crippen LogP contribution >= 0.6 is 11.6 Å². The Hall–Kier alpha value is -2.96. The van der Waals surface area contributed by atoms with Gasteiger partial charge in [0.1, 0.15) is 0 Å². The maximum atomic E-state index is 12.5. The third-order valence-electron chi connectivity index (χ3n) is 4.50. The van der Waals surface area contributed by atoms with Crippen molar-refractivity contribution in [3.05, 3.63) is 65.3 Å². The molecular weight excluding hydrogens is 388 g/mol. The van der Waals surface area contributed by atoms with Gasteiger partial charge < -0.3 is 10.6 Å². The zero-order chi connectivity index (χ0) is 20.8. The molecule has 0 unspecified atom stereocenters. The first-order valence-electron chi connectivity index (χ1n) is 9.38. The topological polar surface area (TPSA) is 74.3 Å². The summed E-state index contributed by atoms with van der Waals surface area (Å²) in [6.07, 6.45) is 1.75. The molecule has 1 aromatic heterocycles. The Balaban J connectivity index is 1.65. The van der Waals surface area contributed by atoms with Crippen LogP contribution in [0.5, 0.6) is 0 Å². The normalized spacial score (nSPS) is 10.9. The van der Waals surface area contributed by atoms with Crippen molar-refractivity contribution in [3.63, 3.8) is 0 Å². The van der Waals surface area contributed by atoms with Gasteiger partial charge in [-0.2, -0.15) is 0 Å². The van der Waals surface area contributed by atoms with E-state index in [1.165, 1.54) is 6.92 Å². The minimum Gasteiger partial charge on any atom is -0.326 e. The average Bonchev–Trinajstić information content (AvgIpc) is 2.70. The van der Waals surface area contributed by atoms with Crippen LogP contribution in [0.2, 0.25) is 5.02 Å². The maximum Gasteiger partial charge on any atom is 0.238 e. The van der Waals surface area contributed by atoms with Gasteiger partial charge in [0.2, 0.25) is 11.8 Å². The lowest BCUT2D eigenvalue weighted by Gasteiger charge is -2.21. The Morgan fingerprint density at radius 3 is 2.38 bits per heavy atom. The highest BCUT2D eigenvalue weighted by molar-refractivity contribution is 6.35. The van der Waals surface area contributed by atoms with Crippen molar-refractivity contribution in [1.29, 1.82) is 0 Å². The van der Waals surface area contributed by atoms with E-state index in [1.54, 1.807) is 30.5 Å². The van der Waals surface area contributed by atoms with E-state index in [9.17, 15) is 9.59 Å². The first-order chi connectivity index (χ1) is 14.0. The molecule has 0 spiro atoms. The molecule has 0 aliphatic rings. The number of pyridine rings is 1. The van der Waals surface area contributed by atoms with Gasteiger partial charge >= 0.3 is 0 Å². The van der Waals surface area contributed by atoms with Crippen LogP contribution in [-0.4, -0.2) is 34.8 Å². The quantitative estimate of drug-likeness (QED) is 0.608. The van der Waals surface area contributed by atoms with Crippen LogP contribution in [0.3, 0.4) is 0 Å². The molecule has 0 fully saturated rings. The van der Waals surface area contributed by atoms with Crippen molar-refractivity contribution in [2.45, 2.75) is 20.4 Å². The second kappa shape index (κ2) is 9.49. The van der Waals surface area contributed by atoms with Gasteiger partial charge in [-0.05, 0) is 54.6 Å². The minimum absolute atomic E-state index is 0.106. The predicted octanol–water partition coefficient (Wildman–Crippen LogP) is 4.31. The molecule has 7 heteroatoms. The third kappa shape index (κ3) is 5.53. The second-order valence-corrected chi connectivity index (χ2v) is 7.12. The summed E-state index contributed by atoms with van der Waals surface area (Å²) in [4.78, 5) is 30.1. The maximum absolute atomic E-state index is 12.5. The highest BCUT2D eigenvalue weighted by atomic mass is 35.5. The van der Waals surface area contributed by atoms with Gasteiger partial charge in [-0.1, -0.05) is 24.6 Å². The molecule has 3 rings (SSSR count). The number of halogens is 1. The first-order valence-corrected chi connectivity index (χ1v) is 9.76. The zero-order valence-electron chi connectivity index (χ0n) is 16.4. The largest absolute Gasteiger partial charge is 0.326 e. The lowest BCUT2D eigenvalue weighted by atomic mass is 10.1. The number of nitrogens with zero attached hydrogens (tertiary/aromatic N) is 2. The molecule has 0 saturated heterocycles. The number of anilines is 2. The van der Waals surface area contributed by atoms with E-state index in [0.29, 0.717) is 29.5 Å². The Bertz CT molecular complexity index is 1020. The number of hydrogen-bond donors (Lipinski definition) is 2. The lowest BCUT2D eigenvalue weighted by molar-refractivity contribution is -0.117. The van der Waals surface area contributed by atoms with Gasteiger partial charge in [-0.3, -0.25) is 19.5 Å². The van der Waals surface area contributed by atoms with Crippen molar-refractivity contribution in [2.24, 2.45) is 0 Å². The molecule has 0 aliphatic heterocycles. The highest BCUT2D eigenvalue weighted by Gasteiger charge is 2.13. The number of carbonyl (C=O) groups excluding carboxylic acids is 2. The fraction of sp³-hybridized carbons (Fsp3) is 0.227. The Morgan fingerprint density at radius 1 is 1.03 bits per heavy atom. The van der Waals surface area contributed by atoms with Crippen LogP contribution in [0, 0.1) is 0 Å². The number of rotatable bonds is 7. The van der Waals surface area contributed by atoms with Crippen molar-refractivity contribution in [2.75, 3.05) is 23.7 Å². The second-order valence-electron chi connectivity index (χ2n) is 6.72. The monoisotopic (exact) mass is 410 g/mol. The van der Waals surface area contributed by atoms with Crippen molar-refractivity contribution < 1.29 is 9.59 Å². The minimum atomic E-state index is -0.135. The number of benzene rings is 2. The molecule has 2 amide bonds. The molecule has 0 aliphatic carbocycles. The van der Waals surface area contributed by atoms with Crippen LogP contribution < -0.4 is 10.6 Å². The summed E-state index contributed by atoms with van der Waals surface area (Å²) in [7, 11) is 0. The Labute approximate surface area is 174 Å². The SMILES string of the molecule is CCN(CC(=O)Nc1ccc(NC(C)=O)cc1)Cc1ccc(Cl)c2cccnc12. The first kappa shape index (κ1) is 20.8. The summed E-state index contributed by atoms with van der Waals surface area (Å²) in [5, 5.41) is 7.16. The molecule has 29 heavy (non-hydrogen) atoms. The van der Waals surface area contributed by atoms with Gasteiger partial charge in [0.05, 0.1) is 12.1 Å². The van der Waals surface area contributed by atoms with Gasteiger partial charge in [0.15, 0.2) is 0 Å². The summed E-state index contributed by atoms with van der Waals surface area (Å²) in [5.41, 5.74) is 3.25. The van der Waals surface area contributed by atoms with Crippen LogP contribution in [0.1, 0.15) is 19.4 Å². The standard InChI is InChI=1S/C22H23ClN4O2/c1-3-27(13-16-6-11-20(23)19-5-4-12-24-22(16)19)14-21(29)26-18-9-7-17(8-10-18)25-15(2)28/h4-12H,3,13-14H2,1-2H3,(H,25,28)(H,26,29). The third-order valence-corrected chi connectivity index (χ3v) is 4.83. The smallest absolute Gasteiger partial charge is 0.238 e. The van der Waals surface area contributed by atoms with Gasteiger partial charge in [0, 0.05) is 41.4 Å². The number of hydrogen-bond acceptors (Lipinski definition) is 4. The summed E-state index contributed by atoms with van der Waals surface area (Å²) >= 11 is 6.27. The van der Waals surface area contributed by atoms with Crippen LogP contribution in [0.15, 0.2) is 54.7 Å². The summed E-state index contributed by atoms with van der Waals surface area (Å²) in [6, 6.07) is 14.7. The van der Waals surface area contributed by atoms with Crippen LogP contribution in [0.25, 0.3) is 10.9 Å². The molecule has 0 bridgehead atoms. The van der Waals surface area contributed by atoms with E-state index in [1.807, 2.05) is 36.1 Å². The number of carbonyl (C=O) groups is 2. The molecule has 6 nitrogen and oxygen atoms in total. The number of likely N-dealkylation sites (N-methyl/N-ethyl adjacent to an activating group) is 1. The van der Waals surface area contributed by atoms with E-state index >= 15 is 0 Å². The number of nitrogens with one attached hydrogen (secondary N) is 2. The lowest BCUT2D eigenvalue weighted by Crippen LogP contribution is -2.32. The van der Waals surface area contributed by atoms with Crippen LogP contribution in [0.4, 0.5) is 11.4 Å². The molecule has 1 heterocycles. The number of fused-ring (bicyclic) bond motifs is 1. The molecule has 150 valence electrons. The van der Waals surface area contributed by atoms with E-state index in [-0.39, 0.29) is 18.4 Å². The average molecular weight is 411 g/mol.